The molecule has 0 saturated heterocycles. The van der Waals surface area contributed by atoms with Gasteiger partial charge >= 0.3 is 11.9 Å². The molecule has 0 aromatic heterocycles. The monoisotopic (exact) mass is 332 g/mol. The van der Waals surface area contributed by atoms with Crippen LogP contribution in [0.5, 0.6) is 0 Å². The highest BCUT2D eigenvalue weighted by Gasteiger charge is 2.11. The lowest BCUT2D eigenvalue weighted by atomic mass is 9.94. The third-order valence-electron chi connectivity index (χ3n) is 2.60. The molecule has 0 aliphatic carbocycles. The third kappa shape index (κ3) is 10.5. The Morgan fingerprint density at radius 2 is 1.74 bits per heavy atom. The fourth-order valence-electron chi connectivity index (χ4n) is 1.80. The normalized spacial score (nSPS) is 14.3. The maximum atomic E-state index is 10.8. The SMILES string of the molecule is C/C(=C\C(CC(=O)O)C/C(C)=C/CCC(=O)O)CBr. The minimum atomic E-state index is -0.818. The van der Waals surface area contributed by atoms with Crippen LogP contribution >= 0.6 is 15.9 Å². The Bertz CT molecular complexity index is 372. The van der Waals surface area contributed by atoms with Crippen molar-refractivity contribution in [3.63, 3.8) is 0 Å². The van der Waals surface area contributed by atoms with E-state index >= 15 is 0 Å². The molecule has 1 unspecified atom stereocenters. The minimum absolute atomic E-state index is 0.0453. The Labute approximate surface area is 122 Å². The van der Waals surface area contributed by atoms with Crippen LogP contribution in [0, 0.1) is 5.92 Å². The summed E-state index contributed by atoms with van der Waals surface area (Å²) in [7, 11) is 0. The van der Waals surface area contributed by atoms with Crippen LogP contribution in [0.25, 0.3) is 0 Å². The standard InChI is InChI=1S/C14H21BrO4/c1-10(4-3-5-13(16)17)6-12(8-14(18)19)7-11(2)9-15/h4,7,12H,3,5-6,8-9H2,1-2H3,(H,16,17)(H,18,19)/b10-4+,11-7+. The summed E-state index contributed by atoms with van der Waals surface area (Å²) in [5, 5.41) is 18.2. The number of halogens is 1. The summed E-state index contributed by atoms with van der Waals surface area (Å²) < 4.78 is 0. The smallest absolute Gasteiger partial charge is 0.303 e. The van der Waals surface area contributed by atoms with E-state index in [1.807, 2.05) is 26.0 Å². The van der Waals surface area contributed by atoms with Crippen molar-refractivity contribution in [2.75, 3.05) is 5.33 Å². The lowest BCUT2D eigenvalue weighted by molar-refractivity contribution is -0.138. The van der Waals surface area contributed by atoms with Gasteiger partial charge in [0.2, 0.25) is 0 Å². The van der Waals surface area contributed by atoms with E-state index in [0.29, 0.717) is 12.8 Å². The van der Waals surface area contributed by atoms with E-state index in [2.05, 4.69) is 15.9 Å². The molecule has 0 radical (unpaired) electrons. The van der Waals surface area contributed by atoms with Gasteiger partial charge < -0.3 is 10.2 Å². The average molecular weight is 333 g/mol. The molecule has 108 valence electrons. The molecule has 0 rings (SSSR count). The van der Waals surface area contributed by atoms with Crippen molar-refractivity contribution in [3.05, 3.63) is 23.3 Å². The molecule has 0 aliphatic rings. The first kappa shape index (κ1) is 17.9. The molecular formula is C14H21BrO4. The molecule has 0 spiro atoms. The van der Waals surface area contributed by atoms with Crippen molar-refractivity contribution >= 4 is 27.9 Å². The second-order valence-electron chi connectivity index (χ2n) is 4.69. The number of carboxylic acids is 2. The lowest BCUT2D eigenvalue weighted by Gasteiger charge is -2.12. The van der Waals surface area contributed by atoms with Gasteiger partial charge in [0.15, 0.2) is 0 Å². The molecule has 2 N–H and O–H groups in total. The summed E-state index contributed by atoms with van der Waals surface area (Å²) in [6, 6.07) is 0. The van der Waals surface area contributed by atoms with Gasteiger partial charge in [0.25, 0.3) is 0 Å². The zero-order valence-corrected chi connectivity index (χ0v) is 12.9. The number of carbonyl (C=O) groups is 2. The predicted octanol–water partition coefficient (Wildman–Crippen LogP) is 3.62. The highest BCUT2D eigenvalue weighted by Crippen LogP contribution is 2.20. The average Bonchev–Trinajstić information content (AvgIpc) is 2.27. The Morgan fingerprint density at radius 3 is 2.21 bits per heavy atom. The highest BCUT2D eigenvalue weighted by atomic mass is 79.9. The molecule has 0 saturated carbocycles. The van der Waals surface area contributed by atoms with Gasteiger partial charge in [0.1, 0.15) is 0 Å². The number of rotatable bonds is 9. The summed E-state index contributed by atoms with van der Waals surface area (Å²) >= 11 is 3.34. The van der Waals surface area contributed by atoms with E-state index in [9.17, 15) is 9.59 Å². The molecule has 0 aromatic rings. The largest absolute Gasteiger partial charge is 0.481 e. The second-order valence-corrected chi connectivity index (χ2v) is 5.25. The Hall–Kier alpha value is -1.10. The molecule has 0 fully saturated rings. The van der Waals surface area contributed by atoms with E-state index < -0.39 is 11.9 Å². The second kappa shape index (κ2) is 9.78. The van der Waals surface area contributed by atoms with Gasteiger partial charge in [-0.1, -0.05) is 39.2 Å². The van der Waals surface area contributed by atoms with Gasteiger partial charge in [0.05, 0.1) is 6.42 Å². The molecule has 0 aliphatic heterocycles. The van der Waals surface area contributed by atoms with Gasteiger partial charge in [0, 0.05) is 11.8 Å². The van der Waals surface area contributed by atoms with Gasteiger partial charge in [-0.05, 0) is 32.6 Å². The van der Waals surface area contributed by atoms with Crippen molar-refractivity contribution in [1.82, 2.24) is 0 Å². The highest BCUT2D eigenvalue weighted by molar-refractivity contribution is 9.09. The van der Waals surface area contributed by atoms with Crippen molar-refractivity contribution in [2.45, 2.75) is 39.5 Å². The quantitative estimate of drug-likeness (QED) is 0.499. The van der Waals surface area contributed by atoms with Crippen LogP contribution in [0.4, 0.5) is 0 Å². The summed E-state index contributed by atoms with van der Waals surface area (Å²) in [6.45, 7) is 3.86. The summed E-state index contributed by atoms with van der Waals surface area (Å²) in [6.07, 6.45) is 5.18. The third-order valence-corrected chi connectivity index (χ3v) is 3.49. The molecule has 0 bridgehead atoms. The number of alkyl halides is 1. The van der Waals surface area contributed by atoms with Crippen LogP contribution in [0.15, 0.2) is 23.3 Å². The predicted molar refractivity (Wildman–Crippen MR) is 78.5 cm³/mol. The number of hydrogen-bond donors (Lipinski definition) is 2. The summed E-state index contributed by atoms with van der Waals surface area (Å²) in [5.74, 6) is -1.68. The van der Waals surface area contributed by atoms with E-state index in [4.69, 9.17) is 10.2 Å². The lowest BCUT2D eigenvalue weighted by Crippen LogP contribution is -2.07. The molecule has 4 nitrogen and oxygen atoms in total. The van der Waals surface area contributed by atoms with E-state index in [-0.39, 0.29) is 18.8 Å². The molecule has 0 amide bonds. The fraction of sp³-hybridized carbons (Fsp3) is 0.571. The summed E-state index contributed by atoms with van der Waals surface area (Å²) in [4.78, 5) is 21.2. The van der Waals surface area contributed by atoms with E-state index in [0.717, 1.165) is 16.5 Å². The van der Waals surface area contributed by atoms with Crippen LogP contribution in [-0.2, 0) is 9.59 Å². The molecule has 0 heterocycles. The van der Waals surface area contributed by atoms with Gasteiger partial charge in [-0.2, -0.15) is 0 Å². The maximum Gasteiger partial charge on any atom is 0.303 e. The number of aliphatic carboxylic acids is 2. The van der Waals surface area contributed by atoms with Gasteiger partial charge in [-0.15, -0.1) is 0 Å². The van der Waals surface area contributed by atoms with Crippen LogP contribution in [0.1, 0.15) is 39.5 Å². The van der Waals surface area contributed by atoms with E-state index in [1.54, 1.807) is 0 Å². The van der Waals surface area contributed by atoms with Crippen molar-refractivity contribution in [1.29, 1.82) is 0 Å². The van der Waals surface area contributed by atoms with Crippen LogP contribution < -0.4 is 0 Å². The maximum absolute atomic E-state index is 10.8. The molecule has 1 atom stereocenters. The first-order chi connectivity index (χ1) is 8.85. The van der Waals surface area contributed by atoms with E-state index in [1.165, 1.54) is 0 Å². The molecule has 5 heteroatoms. The van der Waals surface area contributed by atoms with Crippen LogP contribution in [0.3, 0.4) is 0 Å². The van der Waals surface area contributed by atoms with Crippen molar-refractivity contribution < 1.29 is 19.8 Å². The minimum Gasteiger partial charge on any atom is -0.481 e. The van der Waals surface area contributed by atoms with Crippen LogP contribution in [0.2, 0.25) is 0 Å². The van der Waals surface area contributed by atoms with Crippen molar-refractivity contribution in [3.8, 4) is 0 Å². The fourth-order valence-corrected chi connectivity index (χ4v) is 1.99. The molecule has 19 heavy (non-hydrogen) atoms. The zero-order chi connectivity index (χ0) is 14.8. The topological polar surface area (TPSA) is 74.6 Å². The Balaban J connectivity index is 4.53. The Kier molecular flexibility index (Phi) is 9.21. The van der Waals surface area contributed by atoms with Crippen molar-refractivity contribution in [2.24, 2.45) is 5.92 Å². The molecular weight excluding hydrogens is 312 g/mol. The first-order valence-corrected chi connectivity index (χ1v) is 7.29. The summed E-state index contributed by atoms with van der Waals surface area (Å²) in [5.41, 5.74) is 2.13. The number of allylic oxidation sites excluding steroid dienone is 4. The first-order valence-electron chi connectivity index (χ1n) is 6.17. The van der Waals surface area contributed by atoms with Crippen LogP contribution in [-0.4, -0.2) is 27.5 Å². The van der Waals surface area contributed by atoms with Gasteiger partial charge in [-0.25, -0.2) is 0 Å². The van der Waals surface area contributed by atoms with Gasteiger partial charge in [-0.3, -0.25) is 9.59 Å². The number of carboxylic acid groups (broad SMARTS) is 2. The molecule has 0 aromatic carbocycles. The number of hydrogen-bond acceptors (Lipinski definition) is 2. The zero-order valence-electron chi connectivity index (χ0n) is 11.4. The Morgan fingerprint density at radius 1 is 1.11 bits per heavy atom.